The Labute approximate surface area is 106 Å². The second-order valence-corrected chi connectivity index (χ2v) is 4.05. The van der Waals surface area contributed by atoms with E-state index in [4.69, 9.17) is 11.6 Å². The number of rotatable bonds is 2. The molecule has 0 bridgehead atoms. The van der Waals surface area contributed by atoms with Crippen LogP contribution in [0.1, 0.15) is 11.4 Å². The van der Waals surface area contributed by atoms with Crippen LogP contribution in [0.4, 0.5) is 13.2 Å². The van der Waals surface area contributed by atoms with Crippen LogP contribution in [-0.4, -0.2) is 17.0 Å². The zero-order chi connectivity index (χ0) is 13.3. The molecule has 2 rings (SSSR count). The molecule has 0 aliphatic carbocycles. The summed E-state index contributed by atoms with van der Waals surface area (Å²) in [4.78, 5) is 8.04. The van der Waals surface area contributed by atoms with Gasteiger partial charge in [0.1, 0.15) is 11.0 Å². The molecule has 0 amide bonds. The zero-order valence-corrected chi connectivity index (χ0v) is 10.1. The molecule has 3 nitrogen and oxygen atoms in total. The van der Waals surface area contributed by atoms with Gasteiger partial charge in [0.2, 0.25) is 0 Å². The van der Waals surface area contributed by atoms with Gasteiger partial charge in [0.15, 0.2) is 0 Å². The summed E-state index contributed by atoms with van der Waals surface area (Å²) in [6.07, 6.45) is -4.39. The van der Waals surface area contributed by atoms with Gasteiger partial charge in [-0.2, -0.15) is 13.2 Å². The number of aromatic nitrogens is 2. The Bertz CT molecular complexity index is 583. The summed E-state index contributed by atoms with van der Waals surface area (Å²) in [5.41, 5.74) is -0.560. The van der Waals surface area contributed by atoms with Crippen LogP contribution in [-0.2, 0) is 12.7 Å². The van der Waals surface area contributed by atoms with E-state index in [1.54, 1.807) is 7.05 Å². The highest BCUT2D eigenvalue weighted by Gasteiger charge is 2.30. The van der Waals surface area contributed by atoms with Gasteiger partial charge in [-0.3, -0.25) is 0 Å². The van der Waals surface area contributed by atoms with Gasteiger partial charge in [0.05, 0.1) is 17.6 Å². The molecule has 2 aromatic rings. The minimum Gasteiger partial charge on any atom is -0.313 e. The summed E-state index contributed by atoms with van der Waals surface area (Å²) in [7, 11) is 1.69. The molecule has 0 atom stereocenters. The Morgan fingerprint density at radius 1 is 1.28 bits per heavy atom. The van der Waals surface area contributed by atoms with Crippen molar-refractivity contribution in [1.82, 2.24) is 15.3 Å². The molecule has 1 aromatic heterocycles. The molecule has 0 saturated heterocycles. The molecular weight excluding hydrogens is 267 g/mol. The first-order valence-corrected chi connectivity index (χ1v) is 5.47. The van der Waals surface area contributed by atoms with E-state index in [2.05, 4.69) is 15.3 Å². The van der Waals surface area contributed by atoms with E-state index in [-0.39, 0.29) is 10.7 Å². The third-order valence-corrected chi connectivity index (χ3v) is 2.65. The van der Waals surface area contributed by atoms with Crippen molar-refractivity contribution in [2.24, 2.45) is 0 Å². The molecule has 1 heterocycles. The highest BCUT2D eigenvalue weighted by atomic mass is 35.5. The standard InChI is InChI=1S/C11H9ClF3N3/c1-16-5-9-17-8-4-6(11(13,14)15)2-3-7(8)10(12)18-9/h2-4,16H,5H2,1H3. The van der Waals surface area contributed by atoms with E-state index in [1.807, 2.05) is 0 Å². The van der Waals surface area contributed by atoms with E-state index in [1.165, 1.54) is 6.07 Å². The lowest BCUT2D eigenvalue weighted by Gasteiger charge is -2.09. The fourth-order valence-corrected chi connectivity index (χ4v) is 1.81. The predicted octanol–water partition coefficient (Wildman–Crippen LogP) is 3.02. The monoisotopic (exact) mass is 275 g/mol. The molecule has 18 heavy (non-hydrogen) atoms. The fourth-order valence-electron chi connectivity index (χ4n) is 1.55. The van der Waals surface area contributed by atoms with Crippen LogP contribution < -0.4 is 5.32 Å². The van der Waals surface area contributed by atoms with Crippen molar-refractivity contribution < 1.29 is 13.2 Å². The van der Waals surface area contributed by atoms with Crippen LogP contribution in [0.2, 0.25) is 5.15 Å². The Morgan fingerprint density at radius 3 is 2.61 bits per heavy atom. The molecular formula is C11H9ClF3N3. The third kappa shape index (κ3) is 2.54. The van der Waals surface area contributed by atoms with Crippen LogP contribution in [0.5, 0.6) is 0 Å². The van der Waals surface area contributed by atoms with Gasteiger partial charge in [0.25, 0.3) is 0 Å². The largest absolute Gasteiger partial charge is 0.416 e. The van der Waals surface area contributed by atoms with Crippen LogP contribution in [0, 0.1) is 0 Å². The van der Waals surface area contributed by atoms with Crippen molar-refractivity contribution in [3.05, 3.63) is 34.7 Å². The molecule has 0 saturated carbocycles. The first-order chi connectivity index (χ1) is 8.41. The smallest absolute Gasteiger partial charge is 0.313 e. The molecule has 7 heteroatoms. The number of nitrogens with zero attached hydrogens (tertiary/aromatic N) is 2. The SMILES string of the molecule is CNCc1nc(Cl)c2ccc(C(F)(F)F)cc2n1. The van der Waals surface area contributed by atoms with Gasteiger partial charge in [0, 0.05) is 5.39 Å². The van der Waals surface area contributed by atoms with Crippen molar-refractivity contribution in [2.75, 3.05) is 7.05 Å². The predicted molar refractivity (Wildman–Crippen MR) is 62.3 cm³/mol. The van der Waals surface area contributed by atoms with Crippen molar-refractivity contribution in [2.45, 2.75) is 12.7 Å². The van der Waals surface area contributed by atoms with Crippen LogP contribution >= 0.6 is 11.6 Å². The number of hydrogen-bond acceptors (Lipinski definition) is 3. The zero-order valence-electron chi connectivity index (χ0n) is 9.35. The Morgan fingerprint density at radius 2 is 2.00 bits per heavy atom. The summed E-state index contributed by atoms with van der Waals surface area (Å²) >= 11 is 5.90. The quantitative estimate of drug-likeness (QED) is 0.856. The van der Waals surface area contributed by atoms with Gasteiger partial charge in [-0.25, -0.2) is 9.97 Å². The summed E-state index contributed by atoms with van der Waals surface area (Å²) < 4.78 is 37.7. The molecule has 0 spiro atoms. The number of nitrogens with one attached hydrogen (secondary N) is 1. The maximum Gasteiger partial charge on any atom is 0.416 e. The van der Waals surface area contributed by atoms with Gasteiger partial charge in [-0.05, 0) is 25.2 Å². The second-order valence-electron chi connectivity index (χ2n) is 3.69. The summed E-state index contributed by atoms with van der Waals surface area (Å²) in [6.45, 7) is 0.339. The Balaban J connectivity index is 2.60. The van der Waals surface area contributed by atoms with Crippen LogP contribution in [0.15, 0.2) is 18.2 Å². The molecule has 0 unspecified atom stereocenters. The summed E-state index contributed by atoms with van der Waals surface area (Å²) in [6, 6.07) is 3.22. The van der Waals surface area contributed by atoms with Crippen LogP contribution in [0.25, 0.3) is 10.9 Å². The number of benzene rings is 1. The van der Waals surface area contributed by atoms with E-state index in [0.29, 0.717) is 17.8 Å². The lowest BCUT2D eigenvalue weighted by atomic mass is 10.1. The second kappa shape index (κ2) is 4.70. The number of fused-ring (bicyclic) bond motifs is 1. The first kappa shape index (κ1) is 13.0. The van der Waals surface area contributed by atoms with Crippen molar-refractivity contribution in [1.29, 1.82) is 0 Å². The lowest BCUT2D eigenvalue weighted by molar-refractivity contribution is -0.137. The topological polar surface area (TPSA) is 37.8 Å². The maximum atomic E-state index is 12.6. The average molecular weight is 276 g/mol. The van der Waals surface area contributed by atoms with E-state index >= 15 is 0 Å². The first-order valence-electron chi connectivity index (χ1n) is 5.10. The molecule has 1 aromatic carbocycles. The highest BCUT2D eigenvalue weighted by Crippen LogP contribution is 2.32. The fraction of sp³-hybridized carbons (Fsp3) is 0.273. The summed E-state index contributed by atoms with van der Waals surface area (Å²) in [5.74, 6) is 0.356. The van der Waals surface area contributed by atoms with Gasteiger partial charge in [-0.15, -0.1) is 0 Å². The van der Waals surface area contributed by atoms with Crippen LogP contribution in [0.3, 0.4) is 0 Å². The molecule has 0 radical (unpaired) electrons. The normalized spacial score (nSPS) is 12.1. The molecule has 0 aliphatic heterocycles. The lowest BCUT2D eigenvalue weighted by Crippen LogP contribution is -2.10. The molecule has 0 fully saturated rings. The minimum atomic E-state index is -4.39. The molecule has 0 aliphatic rings. The Kier molecular flexibility index (Phi) is 3.41. The van der Waals surface area contributed by atoms with Crippen molar-refractivity contribution in [3.63, 3.8) is 0 Å². The minimum absolute atomic E-state index is 0.152. The molecule has 96 valence electrons. The van der Waals surface area contributed by atoms with Gasteiger partial charge in [-0.1, -0.05) is 11.6 Å². The Hall–Kier alpha value is -1.40. The van der Waals surface area contributed by atoms with Crippen molar-refractivity contribution in [3.8, 4) is 0 Å². The highest BCUT2D eigenvalue weighted by molar-refractivity contribution is 6.34. The van der Waals surface area contributed by atoms with Gasteiger partial charge < -0.3 is 5.32 Å². The maximum absolute atomic E-state index is 12.6. The van der Waals surface area contributed by atoms with E-state index in [9.17, 15) is 13.2 Å². The van der Waals surface area contributed by atoms with Crippen molar-refractivity contribution >= 4 is 22.5 Å². The van der Waals surface area contributed by atoms with E-state index < -0.39 is 11.7 Å². The number of hydrogen-bond donors (Lipinski definition) is 1. The molecule has 1 N–H and O–H groups in total. The number of alkyl halides is 3. The summed E-state index contributed by atoms with van der Waals surface area (Å²) in [5, 5.41) is 3.37. The van der Waals surface area contributed by atoms with Gasteiger partial charge >= 0.3 is 6.18 Å². The van der Waals surface area contributed by atoms with E-state index in [0.717, 1.165) is 12.1 Å². The third-order valence-electron chi connectivity index (χ3n) is 2.36. The average Bonchev–Trinajstić information content (AvgIpc) is 2.27. The number of halogens is 4.